The van der Waals surface area contributed by atoms with Crippen LogP contribution < -0.4 is 5.32 Å². The number of hydrogen-bond donors (Lipinski definition) is 1. The quantitative estimate of drug-likeness (QED) is 0.678. The summed E-state index contributed by atoms with van der Waals surface area (Å²) in [5.74, 6) is 0.918. The molecule has 0 fully saturated rings. The smallest absolute Gasteiger partial charge is 0.230 e. The topological polar surface area (TPSA) is 68.0 Å². The van der Waals surface area contributed by atoms with Crippen molar-refractivity contribution < 1.29 is 9.32 Å². The first-order valence-electron chi connectivity index (χ1n) is 7.22. The number of nitrogens with one attached hydrogen (secondary N) is 1. The van der Waals surface area contributed by atoms with Crippen LogP contribution in [-0.2, 0) is 11.3 Å². The fourth-order valence-corrected chi connectivity index (χ4v) is 2.81. The lowest BCUT2D eigenvalue weighted by molar-refractivity contribution is -0.118. The summed E-state index contributed by atoms with van der Waals surface area (Å²) in [6.45, 7) is 0.326. The summed E-state index contributed by atoms with van der Waals surface area (Å²) in [5.41, 5.74) is 1.56. The van der Waals surface area contributed by atoms with E-state index in [1.54, 1.807) is 30.6 Å². The fraction of sp³-hybridized carbons (Fsp3) is 0.118. The van der Waals surface area contributed by atoms with Gasteiger partial charge in [0, 0.05) is 33.9 Å². The van der Waals surface area contributed by atoms with Crippen molar-refractivity contribution in [2.75, 3.05) is 5.75 Å². The van der Waals surface area contributed by atoms with Crippen LogP contribution in [0.1, 0.15) is 5.69 Å². The van der Waals surface area contributed by atoms with E-state index in [-0.39, 0.29) is 5.91 Å². The minimum atomic E-state index is -0.0622. The lowest BCUT2D eigenvalue weighted by atomic mass is 10.1. The first-order chi connectivity index (χ1) is 11.7. The van der Waals surface area contributed by atoms with Crippen LogP contribution in [0.2, 0.25) is 5.02 Å². The third kappa shape index (κ3) is 4.59. The average molecular weight is 360 g/mol. The number of thioether (sulfide) groups is 1. The van der Waals surface area contributed by atoms with E-state index >= 15 is 0 Å². The number of hydrogen-bond acceptors (Lipinski definition) is 5. The summed E-state index contributed by atoms with van der Waals surface area (Å²) in [7, 11) is 0. The zero-order valence-corrected chi connectivity index (χ0v) is 14.2. The van der Waals surface area contributed by atoms with Crippen LogP contribution in [0.3, 0.4) is 0 Å². The molecule has 3 rings (SSSR count). The Hall–Kier alpha value is -2.31. The minimum absolute atomic E-state index is 0.0622. The summed E-state index contributed by atoms with van der Waals surface area (Å²) in [5, 5.41) is 7.46. The summed E-state index contributed by atoms with van der Waals surface area (Å²) in [6.07, 6.45) is 3.40. The second kappa shape index (κ2) is 7.99. The highest BCUT2D eigenvalue weighted by atomic mass is 35.5. The predicted molar refractivity (Wildman–Crippen MR) is 93.8 cm³/mol. The Morgan fingerprint density at radius 2 is 1.92 bits per heavy atom. The van der Waals surface area contributed by atoms with Gasteiger partial charge in [-0.05, 0) is 36.4 Å². The van der Waals surface area contributed by atoms with Crippen molar-refractivity contribution in [3.05, 3.63) is 65.6 Å². The van der Waals surface area contributed by atoms with Crippen LogP contribution in [0.25, 0.3) is 11.3 Å². The number of pyridine rings is 1. The van der Waals surface area contributed by atoms with Gasteiger partial charge in [0.05, 0.1) is 12.3 Å². The molecule has 3 aromatic rings. The molecule has 0 spiro atoms. The molecule has 0 saturated carbocycles. The van der Waals surface area contributed by atoms with Gasteiger partial charge in [0.2, 0.25) is 5.91 Å². The first-order valence-corrected chi connectivity index (χ1v) is 8.58. The van der Waals surface area contributed by atoms with Crippen LogP contribution >= 0.6 is 23.4 Å². The van der Waals surface area contributed by atoms with Crippen molar-refractivity contribution in [1.82, 2.24) is 15.5 Å². The van der Waals surface area contributed by atoms with Crippen molar-refractivity contribution in [2.45, 2.75) is 11.4 Å². The molecule has 24 heavy (non-hydrogen) atoms. The van der Waals surface area contributed by atoms with E-state index in [4.69, 9.17) is 16.1 Å². The molecule has 1 N–H and O–H groups in total. The summed E-state index contributed by atoms with van der Waals surface area (Å²) in [6, 6.07) is 12.8. The number of rotatable bonds is 6. The van der Waals surface area contributed by atoms with Crippen molar-refractivity contribution in [1.29, 1.82) is 0 Å². The molecule has 2 heterocycles. The molecular formula is C17H14ClN3O2S. The van der Waals surface area contributed by atoms with E-state index in [2.05, 4.69) is 15.5 Å². The van der Waals surface area contributed by atoms with Crippen LogP contribution in [0.5, 0.6) is 0 Å². The number of carbonyl (C=O) groups is 1. The van der Waals surface area contributed by atoms with Crippen molar-refractivity contribution in [3.63, 3.8) is 0 Å². The Kier molecular flexibility index (Phi) is 5.51. The van der Waals surface area contributed by atoms with Gasteiger partial charge in [0.25, 0.3) is 0 Å². The Bertz CT molecular complexity index is 806. The van der Waals surface area contributed by atoms with Crippen LogP contribution in [0.15, 0.2) is 64.3 Å². The fourth-order valence-electron chi connectivity index (χ4n) is 1.97. The number of aromatic nitrogens is 2. The van der Waals surface area contributed by atoms with Crippen LogP contribution in [0, 0.1) is 0 Å². The molecule has 0 radical (unpaired) electrons. The van der Waals surface area contributed by atoms with Crippen molar-refractivity contribution >= 4 is 29.3 Å². The average Bonchev–Trinajstić information content (AvgIpc) is 3.09. The monoisotopic (exact) mass is 359 g/mol. The summed E-state index contributed by atoms with van der Waals surface area (Å²) < 4.78 is 5.30. The molecule has 0 aliphatic rings. The normalized spacial score (nSPS) is 10.5. The van der Waals surface area contributed by atoms with Gasteiger partial charge in [-0.15, -0.1) is 11.8 Å². The first kappa shape index (κ1) is 16.5. The van der Waals surface area contributed by atoms with Gasteiger partial charge in [0.15, 0.2) is 5.76 Å². The van der Waals surface area contributed by atoms with Gasteiger partial charge in [-0.3, -0.25) is 9.78 Å². The molecule has 1 amide bonds. The van der Waals surface area contributed by atoms with Crippen molar-refractivity contribution in [2.24, 2.45) is 0 Å². The molecule has 0 unspecified atom stereocenters. The van der Waals surface area contributed by atoms with E-state index in [0.29, 0.717) is 28.8 Å². The highest BCUT2D eigenvalue weighted by Gasteiger charge is 2.08. The molecule has 5 nitrogen and oxygen atoms in total. The number of amides is 1. The number of carbonyl (C=O) groups excluding carboxylic acids is 1. The Balaban J connectivity index is 1.50. The Morgan fingerprint density at radius 3 is 2.67 bits per heavy atom. The number of halogens is 1. The third-order valence-corrected chi connectivity index (χ3v) is 4.44. The van der Waals surface area contributed by atoms with Gasteiger partial charge in [-0.2, -0.15) is 0 Å². The highest BCUT2D eigenvalue weighted by molar-refractivity contribution is 8.00. The van der Waals surface area contributed by atoms with E-state index in [1.165, 1.54) is 11.8 Å². The lowest BCUT2D eigenvalue weighted by Crippen LogP contribution is -2.24. The zero-order valence-electron chi connectivity index (χ0n) is 12.6. The van der Waals surface area contributed by atoms with Gasteiger partial charge in [-0.1, -0.05) is 16.8 Å². The molecule has 2 aromatic heterocycles. The van der Waals surface area contributed by atoms with Gasteiger partial charge < -0.3 is 9.84 Å². The van der Waals surface area contributed by atoms with E-state index in [1.807, 2.05) is 24.3 Å². The summed E-state index contributed by atoms with van der Waals surface area (Å²) >= 11 is 7.32. The minimum Gasteiger partial charge on any atom is -0.356 e. The molecule has 1 aromatic carbocycles. The van der Waals surface area contributed by atoms with Gasteiger partial charge in [0.1, 0.15) is 5.69 Å². The number of benzene rings is 1. The lowest BCUT2D eigenvalue weighted by Gasteiger charge is -2.02. The van der Waals surface area contributed by atoms with E-state index in [0.717, 1.165) is 10.5 Å². The molecule has 7 heteroatoms. The maximum atomic E-state index is 11.9. The highest BCUT2D eigenvalue weighted by Crippen LogP contribution is 2.22. The van der Waals surface area contributed by atoms with E-state index < -0.39 is 0 Å². The van der Waals surface area contributed by atoms with Crippen LogP contribution in [0.4, 0.5) is 0 Å². The maximum absolute atomic E-state index is 11.9. The largest absolute Gasteiger partial charge is 0.356 e. The zero-order chi connectivity index (χ0) is 16.8. The summed E-state index contributed by atoms with van der Waals surface area (Å²) in [4.78, 5) is 16.8. The Morgan fingerprint density at radius 1 is 1.17 bits per heavy atom. The number of nitrogens with zero attached hydrogens (tertiary/aromatic N) is 2. The molecule has 0 aliphatic heterocycles. The van der Waals surface area contributed by atoms with E-state index in [9.17, 15) is 4.79 Å². The van der Waals surface area contributed by atoms with Crippen LogP contribution in [-0.4, -0.2) is 21.8 Å². The SMILES string of the molecule is O=C(CSc1ccncc1)NCc1cc(-c2ccc(Cl)cc2)on1. The second-order valence-corrected chi connectivity index (χ2v) is 6.42. The molecule has 0 aliphatic carbocycles. The third-order valence-electron chi connectivity index (χ3n) is 3.17. The molecular weight excluding hydrogens is 346 g/mol. The molecule has 0 bridgehead atoms. The molecule has 0 saturated heterocycles. The molecule has 122 valence electrons. The Labute approximate surface area is 148 Å². The van der Waals surface area contributed by atoms with Gasteiger partial charge >= 0.3 is 0 Å². The predicted octanol–water partition coefficient (Wildman–Crippen LogP) is 3.80. The maximum Gasteiger partial charge on any atom is 0.230 e. The standard InChI is InChI=1S/C17H14ClN3O2S/c18-13-3-1-12(2-4-13)16-9-14(21-23-16)10-20-17(22)11-24-15-5-7-19-8-6-15/h1-9H,10-11H2,(H,20,22). The molecule has 0 atom stereocenters. The van der Waals surface area contributed by atoms with Gasteiger partial charge in [-0.25, -0.2) is 0 Å². The second-order valence-electron chi connectivity index (χ2n) is 4.94. The van der Waals surface area contributed by atoms with Crippen molar-refractivity contribution in [3.8, 4) is 11.3 Å².